The lowest BCUT2D eigenvalue weighted by atomic mass is 10.3. The van der Waals surface area contributed by atoms with Crippen molar-refractivity contribution in [1.29, 1.82) is 0 Å². The van der Waals surface area contributed by atoms with Gasteiger partial charge in [-0.1, -0.05) is 17.7 Å². The van der Waals surface area contributed by atoms with Gasteiger partial charge >= 0.3 is 0 Å². The Labute approximate surface area is 122 Å². The van der Waals surface area contributed by atoms with Crippen LogP contribution in [0.1, 0.15) is 5.69 Å². The van der Waals surface area contributed by atoms with Crippen molar-refractivity contribution in [2.24, 2.45) is 0 Å². The lowest BCUT2D eigenvalue weighted by Crippen LogP contribution is -2.26. The van der Waals surface area contributed by atoms with Crippen LogP contribution >= 0.6 is 11.6 Å². The summed E-state index contributed by atoms with van der Waals surface area (Å²) in [6.45, 7) is 0.251. The Morgan fingerprint density at radius 2 is 2.05 bits per heavy atom. The summed E-state index contributed by atoms with van der Waals surface area (Å²) in [7, 11) is -3.64. The molecule has 2 rings (SSSR count). The first-order valence-electron chi connectivity index (χ1n) is 5.93. The molecule has 20 heavy (non-hydrogen) atoms. The van der Waals surface area contributed by atoms with Crippen molar-refractivity contribution in [3.63, 3.8) is 0 Å². The van der Waals surface area contributed by atoms with Gasteiger partial charge in [-0.05, 0) is 30.3 Å². The topological polar surface area (TPSA) is 85.1 Å². The summed E-state index contributed by atoms with van der Waals surface area (Å²) in [4.78, 5) is 4.15. The van der Waals surface area contributed by atoms with Gasteiger partial charge in [-0.25, -0.2) is 13.1 Å². The van der Waals surface area contributed by atoms with E-state index >= 15 is 0 Å². The molecule has 1 aromatic carbocycles. The van der Waals surface area contributed by atoms with E-state index in [9.17, 15) is 8.42 Å². The van der Waals surface area contributed by atoms with Gasteiger partial charge in [-0.2, -0.15) is 0 Å². The summed E-state index contributed by atoms with van der Waals surface area (Å²) in [6, 6.07) is 9.79. The van der Waals surface area contributed by atoms with Gasteiger partial charge in [0.1, 0.15) is 4.90 Å². The zero-order valence-electron chi connectivity index (χ0n) is 10.6. The highest BCUT2D eigenvalue weighted by atomic mass is 35.5. The summed E-state index contributed by atoms with van der Waals surface area (Å²) >= 11 is 5.75. The average molecular weight is 312 g/mol. The number of nitrogens with two attached hydrogens (primary N) is 1. The van der Waals surface area contributed by atoms with E-state index < -0.39 is 10.0 Å². The third-order valence-corrected chi connectivity index (χ3v) is 4.43. The molecule has 0 unspecified atom stereocenters. The van der Waals surface area contributed by atoms with Crippen molar-refractivity contribution in [1.82, 2.24) is 9.71 Å². The minimum Gasteiger partial charge on any atom is -0.398 e. The number of pyridine rings is 1. The maximum absolute atomic E-state index is 12.1. The number of hydrogen-bond donors (Lipinski definition) is 2. The molecule has 1 aromatic heterocycles. The Bertz CT molecular complexity index is 690. The molecule has 0 aliphatic heterocycles. The van der Waals surface area contributed by atoms with Crippen molar-refractivity contribution < 1.29 is 8.42 Å². The van der Waals surface area contributed by atoms with Gasteiger partial charge in [0.05, 0.1) is 5.69 Å². The first-order valence-corrected chi connectivity index (χ1v) is 7.80. The molecular weight excluding hydrogens is 298 g/mol. The molecule has 0 radical (unpaired) electrons. The maximum atomic E-state index is 12.1. The van der Waals surface area contributed by atoms with Gasteiger partial charge in [-0.3, -0.25) is 4.98 Å². The number of nitrogen functional groups attached to an aromatic ring is 1. The van der Waals surface area contributed by atoms with E-state index in [2.05, 4.69) is 9.71 Å². The second-order valence-electron chi connectivity index (χ2n) is 4.15. The quantitative estimate of drug-likeness (QED) is 0.825. The van der Waals surface area contributed by atoms with Crippen molar-refractivity contribution in [3.8, 4) is 0 Å². The van der Waals surface area contributed by atoms with Crippen LogP contribution in [0.15, 0.2) is 47.5 Å². The molecule has 0 atom stereocenters. The third kappa shape index (κ3) is 3.69. The van der Waals surface area contributed by atoms with E-state index in [0.717, 1.165) is 5.69 Å². The Morgan fingerprint density at radius 1 is 1.25 bits per heavy atom. The number of benzene rings is 1. The Hall–Kier alpha value is -1.63. The van der Waals surface area contributed by atoms with E-state index in [-0.39, 0.29) is 17.1 Å². The zero-order valence-corrected chi connectivity index (χ0v) is 12.2. The highest BCUT2D eigenvalue weighted by molar-refractivity contribution is 7.89. The molecule has 0 aliphatic rings. The van der Waals surface area contributed by atoms with E-state index in [1.54, 1.807) is 6.20 Å². The van der Waals surface area contributed by atoms with Crippen LogP contribution in [0.5, 0.6) is 0 Å². The van der Waals surface area contributed by atoms with Gasteiger partial charge in [0.2, 0.25) is 10.0 Å². The van der Waals surface area contributed by atoms with Crippen molar-refractivity contribution in [2.45, 2.75) is 11.3 Å². The maximum Gasteiger partial charge on any atom is 0.242 e. The SMILES string of the molecule is Nc1cc(Cl)ccc1S(=O)(=O)NCCc1ccccn1. The van der Waals surface area contributed by atoms with Crippen LogP contribution in [-0.4, -0.2) is 19.9 Å². The predicted octanol–water partition coefficient (Wildman–Crippen LogP) is 1.84. The van der Waals surface area contributed by atoms with Gasteiger partial charge in [-0.15, -0.1) is 0 Å². The molecule has 2 aromatic rings. The average Bonchev–Trinajstić information content (AvgIpc) is 2.39. The number of aromatic nitrogens is 1. The molecule has 0 saturated heterocycles. The van der Waals surface area contributed by atoms with Crippen LogP contribution < -0.4 is 10.5 Å². The summed E-state index contributed by atoms with van der Waals surface area (Å²) in [6.07, 6.45) is 2.18. The Balaban J connectivity index is 2.04. The molecule has 0 amide bonds. The van der Waals surface area contributed by atoms with Crippen LogP contribution in [0.25, 0.3) is 0 Å². The number of nitrogens with one attached hydrogen (secondary N) is 1. The fourth-order valence-electron chi connectivity index (χ4n) is 1.70. The normalized spacial score (nSPS) is 11.4. The van der Waals surface area contributed by atoms with Crippen LogP contribution in [-0.2, 0) is 16.4 Å². The van der Waals surface area contributed by atoms with Crippen LogP contribution in [0.2, 0.25) is 5.02 Å². The molecule has 7 heteroatoms. The van der Waals surface area contributed by atoms with Gasteiger partial charge < -0.3 is 5.73 Å². The third-order valence-electron chi connectivity index (χ3n) is 2.66. The summed E-state index contributed by atoms with van der Waals surface area (Å²) in [5.74, 6) is 0. The number of hydrogen-bond acceptors (Lipinski definition) is 4. The fraction of sp³-hybridized carbons (Fsp3) is 0.154. The smallest absolute Gasteiger partial charge is 0.242 e. The van der Waals surface area contributed by atoms with Gasteiger partial charge in [0, 0.05) is 29.9 Å². The summed E-state index contributed by atoms with van der Waals surface area (Å²) < 4.78 is 26.7. The first-order chi connectivity index (χ1) is 9.49. The number of nitrogens with zero attached hydrogens (tertiary/aromatic N) is 1. The fourth-order valence-corrected chi connectivity index (χ4v) is 3.02. The molecule has 0 aliphatic carbocycles. The second-order valence-corrected chi connectivity index (χ2v) is 6.32. The van der Waals surface area contributed by atoms with E-state index in [0.29, 0.717) is 11.4 Å². The molecule has 0 spiro atoms. The number of sulfonamides is 1. The van der Waals surface area contributed by atoms with Crippen LogP contribution in [0.4, 0.5) is 5.69 Å². The molecule has 1 heterocycles. The Kier molecular flexibility index (Phi) is 4.59. The van der Waals surface area contributed by atoms with Crippen molar-refractivity contribution in [3.05, 3.63) is 53.3 Å². The van der Waals surface area contributed by atoms with Gasteiger partial charge in [0.15, 0.2) is 0 Å². The first kappa shape index (κ1) is 14.8. The number of rotatable bonds is 5. The minimum atomic E-state index is -3.64. The predicted molar refractivity (Wildman–Crippen MR) is 79.0 cm³/mol. The largest absolute Gasteiger partial charge is 0.398 e. The molecular formula is C13H14ClN3O2S. The number of anilines is 1. The summed E-state index contributed by atoms with van der Waals surface area (Å²) in [5.41, 5.74) is 6.62. The molecule has 0 bridgehead atoms. The van der Waals surface area contributed by atoms with Gasteiger partial charge in [0.25, 0.3) is 0 Å². The van der Waals surface area contributed by atoms with Crippen LogP contribution in [0.3, 0.4) is 0 Å². The van der Waals surface area contributed by atoms with Crippen molar-refractivity contribution in [2.75, 3.05) is 12.3 Å². The van der Waals surface area contributed by atoms with E-state index in [1.807, 2.05) is 18.2 Å². The molecule has 106 valence electrons. The highest BCUT2D eigenvalue weighted by Gasteiger charge is 2.16. The molecule has 0 fully saturated rings. The van der Waals surface area contributed by atoms with Crippen LogP contribution in [0, 0.1) is 0 Å². The van der Waals surface area contributed by atoms with E-state index in [4.69, 9.17) is 17.3 Å². The van der Waals surface area contributed by atoms with E-state index in [1.165, 1.54) is 18.2 Å². The lowest BCUT2D eigenvalue weighted by Gasteiger charge is -2.09. The second kappa shape index (κ2) is 6.21. The molecule has 0 saturated carbocycles. The number of halogens is 1. The molecule has 3 N–H and O–H groups in total. The summed E-state index contributed by atoms with van der Waals surface area (Å²) in [5, 5.41) is 0.398. The minimum absolute atomic E-state index is 0.0305. The standard InChI is InChI=1S/C13H14ClN3O2S/c14-10-4-5-13(12(15)9-10)20(18,19)17-8-6-11-3-1-2-7-16-11/h1-5,7,9,17H,6,8,15H2. The lowest BCUT2D eigenvalue weighted by molar-refractivity contribution is 0.581. The zero-order chi connectivity index (χ0) is 14.6. The molecule has 5 nitrogen and oxygen atoms in total. The highest BCUT2D eigenvalue weighted by Crippen LogP contribution is 2.22. The monoisotopic (exact) mass is 311 g/mol. The Morgan fingerprint density at radius 3 is 2.70 bits per heavy atom. The van der Waals surface area contributed by atoms with Crippen molar-refractivity contribution >= 4 is 27.3 Å².